The van der Waals surface area contributed by atoms with Crippen molar-refractivity contribution in [2.75, 3.05) is 18.0 Å². The second kappa shape index (κ2) is 6.69. The summed E-state index contributed by atoms with van der Waals surface area (Å²) in [7, 11) is 0. The number of ketones is 1. The van der Waals surface area contributed by atoms with Gasteiger partial charge in [-0.3, -0.25) is 4.79 Å². The molecule has 3 heterocycles. The molecule has 0 amide bonds. The molecule has 0 radical (unpaired) electrons. The Hall–Kier alpha value is -2.76. The fourth-order valence-electron chi connectivity index (χ4n) is 3.84. The highest BCUT2D eigenvalue weighted by Gasteiger charge is 2.29. The van der Waals surface area contributed by atoms with Gasteiger partial charge in [0.2, 0.25) is 0 Å². The molecule has 0 atom stereocenters. The number of aromatic nitrogens is 3. The molecule has 1 fully saturated rings. The van der Waals surface area contributed by atoms with Gasteiger partial charge in [0.15, 0.2) is 11.4 Å². The number of hydrogen-bond donors (Lipinski definition) is 0. The summed E-state index contributed by atoms with van der Waals surface area (Å²) in [5, 5.41) is 4.55. The van der Waals surface area contributed by atoms with Crippen LogP contribution in [0, 0.1) is 11.2 Å². The molecule has 1 aliphatic heterocycles. The lowest BCUT2D eigenvalue weighted by molar-refractivity contribution is 0.101. The van der Waals surface area contributed by atoms with Crippen LogP contribution in [0.4, 0.5) is 10.1 Å². The number of fused-ring (bicyclic) bond motifs is 1. The first-order chi connectivity index (χ1) is 13.3. The molecule has 0 aliphatic carbocycles. The molecule has 0 N–H and O–H groups in total. The van der Waals surface area contributed by atoms with Crippen LogP contribution < -0.4 is 4.90 Å². The predicted octanol–water partition coefficient (Wildman–Crippen LogP) is 4.54. The Labute approximate surface area is 164 Å². The molecule has 0 spiro atoms. The monoisotopic (exact) mass is 380 g/mol. The average Bonchev–Trinajstić information content (AvgIpc) is 3.23. The van der Waals surface area contributed by atoms with Crippen LogP contribution in [0.3, 0.4) is 0 Å². The van der Waals surface area contributed by atoms with E-state index in [9.17, 15) is 9.18 Å². The van der Waals surface area contributed by atoms with Gasteiger partial charge in [-0.05, 0) is 42.5 Å². The first kappa shape index (κ1) is 18.6. The summed E-state index contributed by atoms with van der Waals surface area (Å²) in [6.45, 7) is 9.83. The maximum absolute atomic E-state index is 14.9. The normalized spacial score (nSPS) is 16.1. The average molecular weight is 380 g/mol. The van der Waals surface area contributed by atoms with Crippen LogP contribution >= 0.6 is 0 Å². The van der Waals surface area contributed by atoms with E-state index in [-0.39, 0.29) is 17.0 Å². The number of hydrogen-bond acceptors (Lipinski definition) is 4. The second-order valence-electron chi connectivity index (χ2n) is 8.34. The van der Waals surface area contributed by atoms with Crippen molar-refractivity contribution in [2.24, 2.45) is 5.41 Å². The predicted molar refractivity (Wildman–Crippen MR) is 108 cm³/mol. The fraction of sp³-hybridized carbons (Fsp3) is 0.409. The van der Waals surface area contributed by atoms with Crippen molar-refractivity contribution in [3.8, 4) is 11.3 Å². The van der Waals surface area contributed by atoms with E-state index in [0.29, 0.717) is 29.0 Å². The number of anilines is 1. The van der Waals surface area contributed by atoms with Gasteiger partial charge in [-0.25, -0.2) is 13.9 Å². The van der Waals surface area contributed by atoms with Gasteiger partial charge in [0.1, 0.15) is 11.5 Å². The first-order valence-corrected chi connectivity index (χ1v) is 9.73. The molecule has 0 bridgehead atoms. The minimum Gasteiger partial charge on any atom is -0.371 e. The Morgan fingerprint density at radius 2 is 2.04 bits per heavy atom. The Bertz CT molecular complexity index is 1070. The number of rotatable bonds is 4. The fourth-order valence-corrected chi connectivity index (χ4v) is 3.84. The minimum atomic E-state index is -0.296. The molecule has 6 heteroatoms. The van der Waals surface area contributed by atoms with E-state index in [2.05, 4.69) is 28.8 Å². The molecule has 28 heavy (non-hydrogen) atoms. The topological polar surface area (TPSA) is 50.5 Å². The number of halogens is 1. The number of aryl methyl sites for hydroxylation is 1. The summed E-state index contributed by atoms with van der Waals surface area (Å²) in [5.41, 5.74) is 3.97. The number of carbonyl (C=O) groups is 1. The third-order valence-corrected chi connectivity index (χ3v) is 5.50. The molecule has 146 valence electrons. The molecule has 2 aromatic heterocycles. The summed E-state index contributed by atoms with van der Waals surface area (Å²) in [5.74, 6) is -0.389. The van der Waals surface area contributed by atoms with Crippen LogP contribution in [0.5, 0.6) is 0 Å². The Morgan fingerprint density at radius 3 is 2.64 bits per heavy atom. The van der Waals surface area contributed by atoms with E-state index >= 15 is 0 Å². The highest BCUT2D eigenvalue weighted by Crippen LogP contribution is 2.34. The van der Waals surface area contributed by atoms with Gasteiger partial charge in [0.25, 0.3) is 0 Å². The highest BCUT2D eigenvalue weighted by atomic mass is 19.1. The maximum Gasteiger partial charge on any atom is 0.178 e. The van der Waals surface area contributed by atoms with Crippen LogP contribution in [-0.2, 0) is 6.42 Å². The summed E-state index contributed by atoms with van der Waals surface area (Å²) in [6, 6.07) is 8.83. The molecule has 3 aromatic rings. The molecular formula is C22H25FN4O. The number of carbonyl (C=O) groups excluding carboxylic acids is 1. The maximum atomic E-state index is 14.9. The SMILES string of the molecule is CCc1cc(C(C)=O)nc2cc(-c3ccc(N4CCC(C)(C)C4)cc3F)nn12. The number of benzene rings is 1. The standard InChI is InChI=1S/C22H25FN4O/c1-5-15-11-19(14(2)28)24-21-12-20(25-27(15)21)17-7-6-16(10-18(17)23)26-9-8-22(3,4)13-26/h6-7,10-12H,5,8-9,13H2,1-4H3. The minimum absolute atomic E-state index is 0.0935. The van der Waals surface area contributed by atoms with E-state index < -0.39 is 0 Å². The van der Waals surface area contributed by atoms with Gasteiger partial charge < -0.3 is 4.90 Å². The van der Waals surface area contributed by atoms with Gasteiger partial charge in [-0.2, -0.15) is 5.10 Å². The molecule has 1 aliphatic rings. The van der Waals surface area contributed by atoms with Crippen LogP contribution in [0.1, 0.15) is 50.3 Å². The largest absolute Gasteiger partial charge is 0.371 e. The Kier molecular flexibility index (Phi) is 4.44. The van der Waals surface area contributed by atoms with Crippen molar-refractivity contribution in [3.05, 3.63) is 47.5 Å². The van der Waals surface area contributed by atoms with E-state index in [0.717, 1.165) is 30.9 Å². The smallest absolute Gasteiger partial charge is 0.178 e. The second-order valence-corrected chi connectivity index (χ2v) is 8.34. The third-order valence-electron chi connectivity index (χ3n) is 5.50. The molecular weight excluding hydrogens is 355 g/mol. The van der Waals surface area contributed by atoms with Crippen LogP contribution in [0.2, 0.25) is 0 Å². The lowest BCUT2D eigenvalue weighted by atomic mass is 9.93. The Balaban J connectivity index is 1.73. The van der Waals surface area contributed by atoms with Crippen molar-refractivity contribution in [1.29, 1.82) is 0 Å². The van der Waals surface area contributed by atoms with E-state index in [1.807, 2.05) is 13.0 Å². The van der Waals surface area contributed by atoms with Crippen LogP contribution in [0.25, 0.3) is 16.9 Å². The lowest BCUT2D eigenvalue weighted by Gasteiger charge is -2.22. The zero-order valence-electron chi connectivity index (χ0n) is 16.8. The van der Waals surface area contributed by atoms with Crippen molar-refractivity contribution in [2.45, 2.75) is 40.5 Å². The van der Waals surface area contributed by atoms with Gasteiger partial charge in [-0.1, -0.05) is 20.8 Å². The number of Topliss-reactive ketones (excluding diaryl/α,β-unsaturated/α-hetero) is 1. The lowest BCUT2D eigenvalue weighted by Crippen LogP contribution is -2.22. The van der Waals surface area contributed by atoms with Gasteiger partial charge in [0.05, 0.1) is 5.69 Å². The summed E-state index contributed by atoms with van der Waals surface area (Å²) in [4.78, 5) is 18.3. The Morgan fingerprint density at radius 1 is 1.25 bits per heavy atom. The third kappa shape index (κ3) is 3.28. The first-order valence-electron chi connectivity index (χ1n) is 9.73. The van der Waals surface area contributed by atoms with Crippen LogP contribution in [0.15, 0.2) is 30.3 Å². The van der Waals surface area contributed by atoms with E-state index in [4.69, 9.17) is 0 Å². The number of nitrogens with zero attached hydrogens (tertiary/aromatic N) is 4. The molecule has 0 saturated carbocycles. The summed E-state index contributed by atoms with van der Waals surface area (Å²) < 4.78 is 16.6. The summed E-state index contributed by atoms with van der Waals surface area (Å²) >= 11 is 0. The quantitative estimate of drug-likeness (QED) is 0.624. The molecule has 5 nitrogen and oxygen atoms in total. The van der Waals surface area contributed by atoms with Gasteiger partial charge in [0, 0.05) is 43.0 Å². The molecule has 0 unspecified atom stereocenters. The molecule has 4 rings (SSSR count). The summed E-state index contributed by atoms with van der Waals surface area (Å²) in [6.07, 6.45) is 1.80. The highest BCUT2D eigenvalue weighted by molar-refractivity contribution is 5.92. The van der Waals surface area contributed by atoms with Crippen molar-refractivity contribution < 1.29 is 9.18 Å². The molecule has 1 saturated heterocycles. The molecule has 1 aromatic carbocycles. The van der Waals surface area contributed by atoms with Crippen LogP contribution in [-0.4, -0.2) is 33.5 Å². The van der Waals surface area contributed by atoms with Gasteiger partial charge in [-0.15, -0.1) is 0 Å². The van der Waals surface area contributed by atoms with Crippen molar-refractivity contribution in [3.63, 3.8) is 0 Å². The van der Waals surface area contributed by atoms with Crippen molar-refractivity contribution >= 4 is 17.1 Å². The van der Waals surface area contributed by atoms with E-state index in [1.54, 1.807) is 28.8 Å². The van der Waals surface area contributed by atoms with E-state index in [1.165, 1.54) is 6.92 Å². The zero-order chi connectivity index (χ0) is 20.1. The van der Waals surface area contributed by atoms with Gasteiger partial charge >= 0.3 is 0 Å². The zero-order valence-corrected chi connectivity index (χ0v) is 16.8. The van der Waals surface area contributed by atoms with Crippen molar-refractivity contribution in [1.82, 2.24) is 14.6 Å².